The molecular formula is C13H17ClN2O4. The zero-order chi connectivity index (χ0) is 15.1. The Hall–Kier alpha value is -1.79. The number of nitrogens with zero attached hydrogens (tertiary/aromatic N) is 1. The summed E-state index contributed by atoms with van der Waals surface area (Å²) >= 11 is 5.93. The Labute approximate surface area is 122 Å². The Morgan fingerprint density at radius 1 is 1.45 bits per heavy atom. The fourth-order valence-corrected chi connectivity index (χ4v) is 1.58. The number of carboxylic acids is 1. The first-order valence-corrected chi connectivity index (χ1v) is 6.46. The van der Waals surface area contributed by atoms with Crippen molar-refractivity contribution in [3.05, 3.63) is 28.8 Å². The van der Waals surface area contributed by atoms with Crippen molar-refractivity contribution in [3.8, 4) is 0 Å². The number of aromatic carboxylic acids is 1. The normalized spacial score (nSPS) is 10.2. The first kappa shape index (κ1) is 16.3. The molecule has 0 aliphatic heterocycles. The molecule has 20 heavy (non-hydrogen) atoms. The molecule has 0 heterocycles. The fourth-order valence-electron chi connectivity index (χ4n) is 1.41. The van der Waals surface area contributed by atoms with Crippen LogP contribution in [0.2, 0.25) is 5.02 Å². The number of urea groups is 1. The minimum absolute atomic E-state index is 0.0571. The van der Waals surface area contributed by atoms with Gasteiger partial charge in [-0.2, -0.15) is 0 Å². The smallest absolute Gasteiger partial charge is 0.335 e. The first-order chi connectivity index (χ1) is 9.45. The van der Waals surface area contributed by atoms with Crippen LogP contribution in [-0.2, 0) is 4.74 Å². The molecule has 0 saturated carbocycles. The van der Waals surface area contributed by atoms with Crippen LogP contribution in [0.3, 0.4) is 0 Å². The number of carbonyl (C=O) groups excluding carboxylic acids is 1. The van der Waals surface area contributed by atoms with Crippen LogP contribution >= 0.6 is 11.6 Å². The number of rotatable bonds is 6. The fraction of sp³-hybridized carbons (Fsp3) is 0.385. The van der Waals surface area contributed by atoms with Crippen LogP contribution in [0.15, 0.2) is 18.2 Å². The van der Waals surface area contributed by atoms with Gasteiger partial charge >= 0.3 is 12.0 Å². The van der Waals surface area contributed by atoms with Gasteiger partial charge < -0.3 is 20.1 Å². The maximum atomic E-state index is 11.9. The van der Waals surface area contributed by atoms with E-state index < -0.39 is 5.97 Å². The standard InChI is InChI=1S/C13H17ClN2O4/c1-3-20-7-6-16(2)13(19)15-11-8-9(12(17)18)4-5-10(11)14/h4-5,8H,3,6-7H2,1-2H3,(H,15,19)(H,17,18). The largest absolute Gasteiger partial charge is 0.478 e. The van der Waals surface area contributed by atoms with Crippen molar-refractivity contribution in [1.82, 2.24) is 4.90 Å². The number of benzene rings is 1. The highest BCUT2D eigenvalue weighted by Crippen LogP contribution is 2.23. The molecule has 0 bridgehead atoms. The Morgan fingerprint density at radius 3 is 2.75 bits per heavy atom. The van der Waals surface area contributed by atoms with Gasteiger partial charge in [0.1, 0.15) is 0 Å². The van der Waals surface area contributed by atoms with Crippen molar-refractivity contribution in [3.63, 3.8) is 0 Å². The average Bonchev–Trinajstić information content (AvgIpc) is 2.41. The van der Waals surface area contributed by atoms with E-state index in [1.54, 1.807) is 7.05 Å². The monoisotopic (exact) mass is 300 g/mol. The number of hydrogen-bond donors (Lipinski definition) is 2. The molecular weight excluding hydrogens is 284 g/mol. The van der Waals surface area contributed by atoms with Gasteiger partial charge in [-0.1, -0.05) is 11.6 Å². The van der Waals surface area contributed by atoms with Gasteiger partial charge in [-0.05, 0) is 25.1 Å². The van der Waals surface area contributed by atoms with Gasteiger partial charge in [0.05, 0.1) is 22.9 Å². The van der Waals surface area contributed by atoms with Gasteiger partial charge in [0.2, 0.25) is 0 Å². The lowest BCUT2D eigenvalue weighted by Gasteiger charge is -2.18. The number of nitrogens with one attached hydrogen (secondary N) is 1. The molecule has 0 aliphatic carbocycles. The summed E-state index contributed by atoms with van der Waals surface area (Å²) in [5, 5.41) is 11.8. The van der Waals surface area contributed by atoms with Crippen LogP contribution in [0, 0.1) is 0 Å². The van der Waals surface area contributed by atoms with Crippen LogP contribution in [0.25, 0.3) is 0 Å². The van der Waals surface area contributed by atoms with E-state index in [1.165, 1.54) is 23.1 Å². The topological polar surface area (TPSA) is 78.9 Å². The minimum atomic E-state index is -1.08. The van der Waals surface area contributed by atoms with Gasteiger partial charge in [-0.15, -0.1) is 0 Å². The summed E-state index contributed by atoms with van der Waals surface area (Å²) in [6, 6.07) is 3.74. The van der Waals surface area contributed by atoms with Gasteiger partial charge in [0, 0.05) is 20.2 Å². The lowest BCUT2D eigenvalue weighted by molar-refractivity contribution is 0.0697. The zero-order valence-corrected chi connectivity index (χ0v) is 12.1. The van der Waals surface area contributed by atoms with Crippen LogP contribution in [0.4, 0.5) is 10.5 Å². The highest BCUT2D eigenvalue weighted by molar-refractivity contribution is 6.33. The second kappa shape index (κ2) is 7.72. The highest BCUT2D eigenvalue weighted by Gasteiger charge is 2.12. The third-order valence-electron chi connectivity index (χ3n) is 2.58. The quantitative estimate of drug-likeness (QED) is 0.791. The molecule has 6 nitrogen and oxygen atoms in total. The molecule has 110 valence electrons. The van der Waals surface area contributed by atoms with E-state index in [0.717, 1.165) is 0 Å². The molecule has 1 rings (SSSR count). The molecule has 0 aliphatic rings. The average molecular weight is 301 g/mol. The van der Waals surface area contributed by atoms with E-state index >= 15 is 0 Å². The van der Waals surface area contributed by atoms with Crippen molar-refractivity contribution >= 4 is 29.3 Å². The number of ether oxygens (including phenoxy) is 1. The minimum Gasteiger partial charge on any atom is -0.478 e. The maximum absolute atomic E-state index is 11.9. The number of halogens is 1. The number of carbonyl (C=O) groups is 2. The molecule has 0 aromatic heterocycles. The molecule has 2 N–H and O–H groups in total. The number of likely N-dealkylation sites (N-methyl/N-ethyl adjacent to an activating group) is 1. The number of amides is 2. The second-order valence-electron chi connectivity index (χ2n) is 4.05. The van der Waals surface area contributed by atoms with Crippen molar-refractivity contribution in [2.45, 2.75) is 6.92 Å². The Balaban J connectivity index is 2.69. The molecule has 0 fully saturated rings. The summed E-state index contributed by atoms with van der Waals surface area (Å²) in [5.41, 5.74) is 0.321. The van der Waals surface area contributed by atoms with Crippen LogP contribution in [0.1, 0.15) is 17.3 Å². The number of hydrogen-bond acceptors (Lipinski definition) is 3. The Morgan fingerprint density at radius 2 is 2.15 bits per heavy atom. The Kier molecular flexibility index (Phi) is 6.27. The molecule has 0 radical (unpaired) electrons. The van der Waals surface area contributed by atoms with Gasteiger partial charge in [0.15, 0.2) is 0 Å². The van der Waals surface area contributed by atoms with E-state index in [2.05, 4.69) is 5.32 Å². The summed E-state index contributed by atoms with van der Waals surface area (Å²) < 4.78 is 5.15. The number of carboxylic acid groups (broad SMARTS) is 1. The van der Waals surface area contributed by atoms with E-state index in [9.17, 15) is 9.59 Å². The summed E-state index contributed by atoms with van der Waals surface area (Å²) in [5.74, 6) is -1.08. The third-order valence-corrected chi connectivity index (χ3v) is 2.91. The van der Waals surface area contributed by atoms with Crippen LogP contribution < -0.4 is 5.32 Å². The molecule has 0 saturated heterocycles. The number of anilines is 1. The highest BCUT2D eigenvalue weighted by atomic mass is 35.5. The van der Waals surface area contributed by atoms with Crippen LogP contribution in [-0.4, -0.2) is 48.8 Å². The molecule has 0 atom stereocenters. The van der Waals surface area contributed by atoms with E-state index in [4.69, 9.17) is 21.4 Å². The lowest BCUT2D eigenvalue weighted by atomic mass is 10.2. The van der Waals surface area contributed by atoms with Crippen LogP contribution in [0.5, 0.6) is 0 Å². The molecule has 0 unspecified atom stereocenters. The van der Waals surface area contributed by atoms with E-state index in [-0.39, 0.29) is 22.3 Å². The van der Waals surface area contributed by atoms with Crippen molar-refractivity contribution in [1.29, 1.82) is 0 Å². The molecule has 0 spiro atoms. The summed E-state index contributed by atoms with van der Waals surface area (Å²) in [7, 11) is 1.61. The maximum Gasteiger partial charge on any atom is 0.335 e. The molecule has 2 amide bonds. The summed E-state index contributed by atoms with van der Waals surface area (Å²) in [6.45, 7) is 3.32. The SMILES string of the molecule is CCOCCN(C)C(=O)Nc1cc(C(=O)O)ccc1Cl. The molecule has 1 aromatic rings. The van der Waals surface area contributed by atoms with E-state index in [1.807, 2.05) is 6.92 Å². The zero-order valence-electron chi connectivity index (χ0n) is 11.4. The molecule has 1 aromatic carbocycles. The lowest BCUT2D eigenvalue weighted by Crippen LogP contribution is -2.34. The summed E-state index contributed by atoms with van der Waals surface area (Å²) in [6.07, 6.45) is 0. The second-order valence-corrected chi connectivity index (χ2v) is 4.46. The van der Waals surface area contributed by atoms with E-state index in [0.29, 0.717) is 19.8 Å². The van der Waals surface area contributed by atoms with Crippen molar-refractivity contribution in [2.75, 3.05) is 32.1 Å². The van der Waals surface area contributed by atoms with Crippen molar-refractivity contribution in [2.24, 2.45) is 0 Å². The Bertz CT molecular complexity index is 493. The summed E-state index contributed by atoms with van der Waals surface area (Å²) in [4.78, 5) is 24.2. The van der Waals surface area contributed by atoms with Crippen molar-refractivity contribution < 1.29 is 19.4 Å². The predicted octanol–water partition coefficient (Wildman–Crippen LogP) is 2.54. The van der Waals surface area contributed by atoms with Gasteiger partial charge in [-0.3, -0.25) is 0 Å². The predicted molar refractivity (Wildman–Crippen MR) is 76.6 cm³/mol. The molecule has 7 heteroatoms. The van der Waals surface area contributed by atoms with Gasteiger partial charge in [-0.25, -0.2) is 9.59 Å². The third kappa shape index (κ3) is 4.71. The first-order valence-electron chi connectivity index (χ1n) is 6.08. The van der Waals surface area contributed by atoms with Gasteiger partial charge in [0.25, 0.3) is 0 Å².